The van der Waals surface area contributed by atoms with Crippen LogP contribution in [0.5, 0.6) is 0 Å². The van der Waals surface area contributed by atoms with E-state index in [1.54, 1.807) is 12.3 Å². The highest BCUT2D eigenvalue weighted by molar-refractivity contribution is 5.83. The number of amides is 1. The number of nitrogens with zero attached hydrogens (tertiary/aromatic N) is 3. The fourth-order valence-corrected chi connectivity index (χ4v) is 3.62. The Morgan fingerprint density at radius 2 is 1.93 bits per heavy atom. The Kier molecular flexibility index (Phi) is 4.96. The molecule has 0 spiro atoms. The highest BCUT2D eigenvalue weighted by Crippen LogP contribution is 2.21. The van der Waals surface area contributed by atoms with Crippen LogP contribution in [0.2, 0.25) is 0 Å². The molecule has 1 amide bonds. The molecule has 1 unspecified atom stereocenters. The van der Waals surface area contributed by atoms with Gasteiger partial charge in [-0.1, -0.05) is 43.7 Å². The molecule has 29 heavy (non-hydrogen) atoms. The second kappa shape index (κ2) is 7.58. The molecule has 4 rings (SSSR count). The smallest absolute Gasteiger partial charge is 0.291 e. The molecule has 1 atom stereocenters. The largest absolute Gasteiger partial charge is 0.463 e. The third-order valence-electron chi connectivity index (χ3n) is 5.22. The van der Waals surface area contributed by atoms with Crippen LogP contribution in [0.3, 0.4) is 0 Å². The minimum atomic E-state index is -0.676. The first-order valence-electron chi connectivity index (χ1n) is 9.87. The summed E-state index contributed by atoms with van der Waals surface area (Å²) in [7, 11) is 0. The Balaban J connectivity index is 1.69. The molecule has 150 valence electrons. The van der Waals surface area contributed by atoms with Gasteiger partial charge in [-0.25, -0.2) is 4.68 Å². The molecule has 0 aliphatic carbocycles. The van der Waals surface area contributed by atoms with Crippen molar-refractivity contribution in [1.82, 2.24) is 19.5 Å². The summed E-state index contributed by atoms with van der Waals surface area (Å²) in [6.07, 6.45) is 2.67. The summed E-state index contributed by atoms with van der Waals surface area (Å²) in [4.78, 5) is 26.0. The topological polar surface area (TPSA) is 81.5 Å². The molecule has 0 fully saturated rings. The zero-order valence-corrected chi connectivity index (χ0v) is 16.8. The van der Waals surface area contributed by atoms with Crippen LogP contribution in [0, 0.1) is 6.92 Å². The summed E-state index contributed by atoms with van der Waals surface area (Å²) in [5.41, 5.74) is 3.79. The average Bonchev–Trinajstić information content (AvgIpc) is 3.32. The van der Waals surface area contributed by atoms with E-state index in [0.717, 1.165) is 11.1 Å². The number of benzene rings is 1. The summed E-state index contributed by atoms with van der Waals surface area (Å²) in [6.45, 7) is 6.28. The third-order valence-corrected chi connectivity index (χ3v) is 5.22. The van der Waals surface area contributed by atoms with Crippen LogP contribution < -0.4 is 10.9 Å². The van der Waals surface area contributed by atoms with Crippen LogP contribution >= 0.6 is 0 Å². The van der Waals surface area contributed by atoms with E-state index < -0.39 is 6.04 Å². The number of aryl methyl sites for hydroxylation is 2. The molecule has 1 aromatic carbocycles. The molecule has 0 saturated carbocycles. The number of rotatable bonds is 6. The van der Waals surface area contributed by atoms with Gasteiger partial charge >= 0.3 is 0 Å². The molecule has 3 heterocycles. The van der Waals surface area contributed by atoms with E-state index >= 15 is 0 Å². The summed E-state index contributed by atoms with van der Waals surface area (Å²) in [5, 5.41) is 7.48. The van der Waals surface area contributed by atoms with Crippen molar-refractivity contribution in [2.75, 3.05) is 0 Å². The van der Waals surface area contributed by atoms with Crippen molar-refractivity contribution < 1.29 is 9.21 Å². The lowest BCUT2D eigenvalue weighted by Crippen LogP contribution is -2.39. The van der Waals surface area contributed by atoms with Gasteiger partial charge in [0.25, 0.3) is 5.56 Å². The van der Waals surface area contributed by atoms with Gasteiger partial charge in [0.15, 0.2) is 5.58 Å². The predicted octanol–water partition coefficient (Wildman–Crippen LogP) is 3.38. The average molecular weight is 392 g/mol. The highest BCUT2D eigenvalue weighted by atomic mass is 16.3. The maximum Gasteiger partial charge on any atom is 0.291 e. The Hall–Kier alpha value is -3.35. The lowest BCUT2D eigenvalue weighted by molar-refractivity contribution is -0.125. The molecule has 7 heteroatoms. The van der Waals surface area contributed by atoms with E-state index in [4.69, 9.17) is 4.42 Å². The molecule has 0 bridgehead atoms. The molecule has 0 radical (unpaired) electrons. The van der Waals surface area contributed by atoms with E-state index in [2.05, 4.69) is 10.4 Å². The Morgan fingerprint density at radius 3 is 2.62 bits per heavy atom. The molecule has 4 aromatic rings. The van der Waals surface area contributed by atoms with Gasteiger partial charge in [0.05, 0.1) is 11.8 Å². The first-order valence-corrected chi connectivity index (χ1v) is 9.87. The number of carbonyl (C=O) groups is 1. The summed E-state index contributed by atoms with van der Waals surface area (Å²) < 4.78 is 8.58. The Morgan fingerprint density at radius 1 is 1.17 bits per heavy atom. The number of hydrogen-bond acceptors (Lipinski definition) is 4. The molecular weight excluding hydrogens is 368 g/mol. The van der Waals surface area contributed by atoms with Crippen LogP contribution in [0.25, 0.3) is 16.6 Å². The molecule has 1 N–H and O–H groups in total. The monoisotopic (exact) mass is 392 g/mol. The zero-order valence-electron chi connectivity index (χ0n) is 16.8. The van der Waals surface area contributed by atoms with Crippen LogP contribution in [0.15, 0.2) is 51.9 Å². The van der Waals surface area contributed by atoms with Crippen LogP contribution in [-0.4, -0.2) is 20.1 Å². The van der Waals surface area contributed by atoms with Crippen molar-refractivity contribution in [2.24, 2.45) is 0 Å². The van der Waals surface area contributed by atoms with Crippen LogP contribution in [-0.2, 0) is 17.8 Å². The Bertz CT molecular complexity index is 1230. The van der Waals surface area contributed by atoms with Crippen molar-refractivity contribution >= 4 is 22.5 Å². The van der Waals surface area contributed by atoms with E-state index in [0.29, 0.717) is 36.3 Å². The van der Waals surface area contributed by atoms with E-state index in [-0.39, 0.29) is 11.5 Å². The van der Waals surface area contributed by atoms with E-state index in [1.165, 1.54) is 10.2 Å². The fourth-order valence-electron chi connectivity index (χ4n) is 3.62. The first kappa shape index (κ1) is 19.0. The van der Waals surface area contributed by atoms with Gasteiger partial charge in [-0.05, 0) is 18.9 Å². The second-order valence-electron chi connectivity index (χ2n) is 7.18. The minimum Gasteiger partial charge on any atom is -0.463 e. The number of aromatic nitrogens is 3. The number of furan rings is 1. The fraction of sp³-hybridized carbons (Fsp3) is 0.318. The SMILES string of the molecule is CCc1nn(C(CC)C(=O)NCc2ccc(C)cc2)c(=O)c2cc3occc3n12. The quantitative estimate of drug-likeness (QED) is 0.545. The lowest BCUT2D eigenvalue weighted by Gasteiger charge is -2.18. The van der Waals surface area contributed by atoms with Crippen molar-refractivity contribution in [3.8, 4) is 0 Å². The predicted molar refractivity (Wildman–Crippen MR) is 111 cm³/mol. The van der Waals surface area contributed by atoms with Crippen molar-refractivity contribution in [2.45, 2.75) is 46.2 Å². The molecule has 0 saturated heterocycles. The highest BCUT2D eigenvalue weighted by Gasteiger charge is 2.24. The van der Waals surface area contributed by atoms with Crippen molar-refractivity contribution in [3.63, 3.8) is 0 Å². The maximum atomic E-state index is 13.1. The first-order chi connectivity index (χ1) is 14.0. The normalized spacial score (nSPS) is 12.5. The van der Waals surface area contributed by atoms with Gasteiger partial charge in [-0.3, -0.25) is 14.0 Å². The molecule has 0 aliphatic rings. The summed E-state index contributed by atoms with van der Waals surface area (Å²) in [6, 6.07) is 10.8. The van der Waals surface area contributed by atoms with Crippen LogP contribution in [0.4, 0.5) is 0 Å². The Labute approximate surface area is 167 Å². The van der Waals surface area contributed by atoms with Gasteiger partial charge in [-0.15, -0.1) is 0 Å². The van der Waals surface area contributed by atoms with Gasteiger partial charge in [0.2, 0.25) is 5.91 Å². The molecule has 3 aromatic heterocycles. The van der Waals surface area contributed by atoms with Gasteiger partial charge < -0.3 is 9.73 Å². The minimum absolute atomic E-state index is 0.218. The lowest BCUT2D eigenvalue weighted by atomic mass is 10.1. The van der Waals surface area contributed by atoms with Crippen molar-refractivity contribution in [1.29, 1.82) is 0 Å². The summed E-state index contributed by atoms with van der Waals surface area (Å²) >= 11 is 0. The zero-order chi connectivity index (χ0) is 20.5. The maximum absolute atomic E-state index is 13.1. The molecule has 0 aliphatic heterocycles. The number of nitrogens with one attached hydrogen (secondary N) is 1. The van der Waals surface area contributed by atoms with Crippen molar-refractivity contribution in [3.05, 3.63) is 70.0 Å². The number of fused-ring (bicyclic) bond motifs is 3. The van der Waals surface area contributed by atoms with E-state index in [1.807, 2.05) is 55.5 Å². The third kappa shape index (κ3) is 3.33. The van der Waals surface area contributed by atoms with Gasteiger partial charge in [0.1, 0.15) is 17.4 Å². The van der Waals surface area contributed by atoms with Gasteiger partial charge in [0, 0.05) is 25.1 Å². The molecular formula is C22H24N4O3. The number of carbonyl (C=O) groups excluding carboxylic acids is 1. The van der Waals surface area contributed by atoms with Crippen LogP contribution in [0.1, 0.15) is 43.3 Å². The summed E-state index contributed by atoms with van der Waals surface area (Å²) in [5.74, 6) is 0.491. The van der Waals surface area contributed by atoms with Gasteiger partial charge in [-0.2, -0.15) is 5.10 Å². The second-order valence-corrected chi connectivity index (χ2v) is 7.18. The molecule has 7 nitrogen and oxygen atoms in total. The van der Waals surface area contributed by atoms with E-state index in [9.17, 15) is 9.59 Å². The standard InChI is InChI=1S/C22H24N4O3/c1-4-16(21(27)23-13-15-8-6-14(3)7-9-15)26-22(28)18-12-19-17(10-11-29-19)25(18)20(5-2)24-26/h6-12,16H,4-5,13H2,1-3H3,(H,23,27). The number of hydrogen-bond donors (Lipinski definition) is 1.